The molecule has 1 aromatic carbocycles. The van der Waals surface area contributed by atoms with Crippen LogP contribution in [0.4, 0.5) is 0 Å². The number of aliphatic imine (C=N–C) groups is 1. The van der Waals surface area contributed by atoms with Gasteiger partial charge in [-0.1, -0.05) is 29.8 Å². The highest BCUT2D eigenvalue weighted by Gasteiger charge is 2.09. The second-order valence-corrected chi connectivity index (χ2v) is 6.09. The van der Waals surface area contributed by atoms with Gasteiger partial charge in [-0.2, -0.15) is 0 Å². The number of pyridine rings is 1. The lowest BCUT2D eigenvalue weighted by Gasteiger charge is -2.12. The Kier molecular flexibility index (Phi) is 8.38. The van der Waals surface area contributed by atoms with Gasteiger partial charge < -0.3 is 21.1 Å². The van der Waals surface area contributed by atoms with Crippen LogP contribution in [-0.2, 0) is 6.42 Å². The van der Waals surface area contributed by atoms with Crippen molar-refractivity contribution in [2.75, 3.05) is 26.2 Å². The fourth-order valence-corrected chi connectivity index (χ4v) is 2.42. The molecule has 0 saturated carbocycles. The molecule has 0 aliphatic carbocycles. The summed E-state index contributed by atoms with van der Waals surface area (Å²) in [7, 11) is 0. The average Bonchev–Trinajstić information content (AvgIpc) is 2.67. The van der Waals surface area contributed by atoms with Gasteiger partial charge >= 0.3 is 0 Å². The number of para-hydroxylation sites is 1. The topological polar surface area (TPSA) is 98.6 Å². The molecule has 8 heteroatoms. The van der Waals surface area contributed by atoms with Crippen molar-refractivity contribution < 1.29 is 9.90 Å². The summed E-state index contributed by atoms with van der Waals surface area (Å²) < 4.78 is 0. The average molecular weight is 390 g/mol. The van der Waals surface area contributed by atoms with E-state index in [0.717, 1.165) is 18.5 Å². The molecule has 0 spiro atoms. The number of nitrogens with zero attached hydrogens (tertiary/aromatic N) is 2. The number of aromatic nitrogens is 1. The van der Waals surface area contributed by atoms with E-state index in [9.17, 15) is 9.90 Å². The predicted octanol–water partition coefficient (Wildman–Crippen LogP) is 1.97. The third-order valence-corrected chi connectivity index (χ3v) is 3.88. The minimum absolute atomic E-state index is 0.0328. The smallest absolute Gasteiger partial charge is 0.255 e. The van der Waals surface area contributed by atoms with Gasteiger partial charge in [0.15, 0.2) is 5.96 Å². The van der Waals surface area contributed by atoms with Gasteiger partial charge in [-0.15, -0.1) is 0 Å². The van der Waals surface area contributed by atoms with Crippen LogP contribution >= 0.6 is 11.6 Å². The molecular weight excluding hydrogens is 366 g/mol. The molecule has 1 amide bonds. The van der Waals surface area contributed by atoms with Crippen LogP contribution in [0.25, 0.3) is 0 Å². The summed E-state index contributed by atoms with van der Waals surface area (Å²) in [5.74, 6) is 0.331. The molecule has 0 bridgehead atoms. The third-order valence-electron chi connectivity index (χ3n) is 3.65. The zero-order valence-corrected chi connectivity index (χ0v) is 16.0. The molecule has 0 aliphatic heterocycles. The number of amides is 1. The summed E-state index contributed by atoms with van der Waals surface area (Å²) in [6.45, 7) is 4.23. The van der Waals surface area contributed by atoms with Crippen LogP contribution in [0.3, 0.4) is 0 Å². The number of guanidine groups is 1. The molecule has 7 nitrogen and oxygen atoms in total. The number of benzene rings is 1. The second kappa shape index (κ2) is 11.0. The molecule has 0 fully saturated rings. The lowest BCUT2D eigenvalue weighted by molar-refractivity contribution is 0.0951. The molecule has 0 saturated heterocycles. The van der Waals surface area contributed by atoms with Crippen LogP contribution in [0.15, 0.2) is 47.6 Å². The molecular formula is C19H24ClN5O2. The first-order valence-electron chi connectivity index (χ1n) is 8.79. The lowest BCUT2D eigenvalue weighted by atomic mass is 10.2. The number of hydrogen-bond donors (Lipinski definition) is 4. The number of nitrogens with one attached hydrogen (secondary N) is 3. The highest BCUT2D eigenvalue weighted by Crippen LogP contribution is 2.14. The number of phenolic OH excluding ortho intramolecular Hbond substituents is 1. The van der Waals surface area contributed by atoms with Gasteiger partial charge in [0.25, 0.3) is 5.91 Å². The summed E-state index contributed by atoms with van der Waals surface area (Å²) in [4.78, 5) is 20.6. The van der Waals surface area contributed by atoms with E-state index in [-0.39, 0.29) is 17.2 Å². The monoisotopic (exact) mass is 389 g/mol. The summed E-state index contributed by atoms with van der Waals surface area (Å²) in [6, 6.07) is 10.1. The Morgan fingerprint density at radius 3 is 2.63 bits per heavy atom. The van der Waals surface area contributed by atoms with Crippen molar-refractivity contribution in [1.29, 1.82) is 0 Å². The largest absolute Gasteiger partial charge is 0.507 e. The van der Waals surface area contributed by atoms with Gasteiger partial charge in [-0.05, 0) is 37.1 Å². The Labute approximate surface area is 163 Å². The molecule has 2 aromatic rings. The highest BCUT2D eigenvalue weighted by atomic mass is 35.5. The molecule has 0 aliphatic rings. The molecule has 0 atom stereocenters. The van der Waals surface area contributed by atoms with E-state index in [1.54, 1.807) is 30.5 Å². The van der Waals surface area contributed by atoms with E-state index in [0.29, 0.717) is 30.7 Å². The number of aromatic hydroxyl groups is 1. The normalized spacial score (nSPS) is 11.1. The molecule has 27 heavy (non-hydrogen) atoms. The molecule has 1 heterocycles. The van der Waals surface area contributed by atoms with Crippen LogP contribution in [0, 0.1) is 0 Å². The lowest BCUT2D eigenvalue weighted by Crippen LogP contribution is -2.41. The first-order chi connectivity index (χ1) is 13.1. The van der Waals surface area contributed by atoms with Crippen molar-refractivity contribution in [1.82, 2.24) is 20.9 Å². The Bertz CT molecular complexity index is 765. The summed E-state index contributed by atoms with van der Waals surface area (Å²) >= 11 is 5.78. The van der Waals surface area contributed by atoms with Crippen LogP contribution in [0.5, 0.6) is 5.75 Å². The van der Waals surface area contributed by atoms with E-state index in [2.05, 4.69) is 25.9 Å². The van der Waals surface area contributed by atoms with Gasteiger partial charge in [0.2, 0.25) is 0 Å². The fraction of sp³-hybridized carbons (Fsp3) is 0.316. The molecule has 1 aromatic heterocycles. The zero-order valence-electron chi connectivity index (χ0n) is 15.2. The maximum absolute atomic E-state index is 12.0. The van der Waals surface area contributed by atoms with Crippen molar-refractivity contribution in [3.8, 4) is 5.75 Å². The fourth-order valence-electron chi connectivity index (χ4n) is 2.31. The van der Waals surface area contributed by atoms with Gasteiger partial charge in [-0.3, -0.25) is 9.79 Å². The second-order valence-electron chi connectivity index (χ2n) is 5.70. The van der Waals surface area contributed by atoms with E-state index in [1.165, 1.54) is 6.07 Å². The first kappa shape index (κ1) is 20.5. The van der Waals surface area contributed by atoms with E-state index in [1.807, 2.05) is 13.0 Å². The molecule has 2 rings (SSSR count). The quantitative estimate of drug-likeness (QED) is 0.239. The van der Waals surface area contributed by atoms with Crippen molar-refractivity contribution in [3.63, 3.8) is 0 Å². The standard InChI is InChI=1S/C19H24ClN5O2/c1-2-21-19(23-10-9-14-7-8-17(20)25-13-14)24-12-11-22-18(27)15-5-3-4-6-16(15)26/h3-8,13,26H,2,9-12H2,1H3,(H,22,27)(H2,21,23,24). The maximum atomic E-state index is 12.0. The molecule has 0 radical (unpaired) electrons. The highest BCUT2D eigenvalue weighted by molar-refractivity contribution is 6.29. The van der Waals surface area contributed by atoms with Crippen molar-refractivity contribution >= 4 is 23.5 Å². The number of carbonyl (C=O) groups excluding carboxylic acids is 1. The minimum Gasteiger partial charge on any atom is -0.507 e. The van der Waals surface area contributed by atoms with Crippen LogP contribution in [-0.4, -0.2) is 48.1 Å². The summed E-state index contributed by atoms with van der Waals surface area (Å²) in [6.07, 6.45) is 2.50. The number of phenols is 1. The Hall–Kier alpha value is -2.80. The minimum atomic E-state index is -0.313. The van der Waals surface area contributed by atoms with Crippen LogP contribution in [0.2, 0.25) is 5.15 Å². The van der Waals surface area contributed by atoms with Crippen molar-refractivity contribution in [2.24, 2.45) is 4.99 Å². The number of hydrogen-bond acceptors (Lipinski definition) is 4. The Morgan fingerprint density at radius 1 is 1.15 bits per heavy atom. The van der Waals surface area contributed by atoms with Gasteiger partial charge in [-0.25, -0.2) is 4.98 Å². The van der Waals surface area contributed by atoms with Gasteiger partial charge in [0.05, 0.1) is 5.56 Å². The third kappa shape index (κ3) is 7.15. The maximum Gasteiger partial charge on any atom is 0.255 e. The first-order valence-corrected chi connectivity index (χ1v) is 9.16. The van der Waals surface area contributed by atoms with Crippen molar-refractivity contribution in [2.45, 2.75) is 13.3 Å². The van der Waals surface area contributed by atoms with E-state index >= 15 is 0 Å². The number of carbonyl (C=O) groups is 1. The SMILES string of the molecule is CCNC(=NCCc1ccc(Cl)nc1)NCCNC(=O)c1ccccc1O. The Balaban J connectivity index is 1.75. The van der Waals surface area contributed by atoms with Crippen molar-refractivity contribution in [3.05, 3.63) is 58.9 Å². The number of halogens is 1. The summed E-state index contributed by atoms with van der Waals surface area (Å²) in [5, 5.41) is 19.2. The van der Waals surface area contributed by atoms with Gasteiger partial charge in [0, 0.05) is 32.4 Å². The molecule has 4 N–H and O–H groups in total. The van der Waals surface area contributed by atoms with E-state index < -0.39 is 0 Å². The Morgan fingerprint density at radius 2 is 1.93 bits per heavy atom. The molecule has 144 valence electrons. The van der Waals surface area contributed by atoms with Crippen LogP contribution in [0.1, 0.15) is 22.8 Å². The number of rotatable bonds is 8. The zero-order chi connectivity index (χ0) is 19.5. The summed E-state index contributed by atoms with van der Waals surface area (Å²) in [5.41, 5.74) is 1.32. The van der Waals surface area contributed by atoms with Gasteiger partial charge in [0.1, 0.15) is 10.9 Å². The molecule has 0 unspecified atom stereocenters. The van der Waals surface area contributed by atoms with E-state index in [4.69, 9.17) is 11.6 Å². The predicted molar refractivity (Wildman–Crippen MR) is 107 cm³/mol. The van der Waals surface area contributed by atoms with Crippen LogP contribution < -0.4 is 16.0 Å².